The van der Waals surface area contributed by atoms with Gasteiger partial charge in [-0.3, -0.25) is 0 Å². The molecule has 0 saturated heterocycles. The van der Waals surface area contributed by atoms with Gasteiger partial charge in [-0.1, -0.05) is 27.7 Å². The SMILES string of the molecule is CC.CCCN(CC)CCNC(=O)NC. The van der Waals surface area contributed by atoms with Gasteiger partial charge in [0.2, 0.25) is 0 Å². The molecular formula is C11H27N3O. The summed E-state index contributed by atoms with van der Waals surface area (Å²) in [6.45, 7) is 12.1. The number of rotatable bonds is 6. The lowest BCUT2D eigenvalue weighted by Crippen LogP contribution is -2.39. The molecule has 0 heterocycles. The van der Waals surface area contributed by atoms with Gasteiger partial charge in [0, 0.05) is 20.1 Å². The first kappa shape index (κ1) is 16.7. The van der Waals surface area contributed by atoms with Gasteiger partial charge in [0.15, 0.2) is 0 Å². The average Bonchev–Trinajstić information content (AvgIpc) is 2.30. The van der Waals surface area contributed by atoms with Crippen molar-refractivity contribution in [1.29, 1.82) is 0 Å². The molecule has 0 aliphatic heterocycles. The number of amides is 2. The van der Waals surface area contributed by atoms with Crippen LogP contribution >= 0.6 is 0 Å². The Morgan fingerprint density at radius 1 is 1.20 bits per heavy atom. The summed E-state index contributed by atoms with van der Waals surface area (Å²) in [5.74, 6) is 0. The molecule has 0 bridgehead atoms. The monoisotopic (exact) mass is 217 g/mol. The quantitative estimate of drug-likeness (QED) is 0.711. The van der Waals surface area contributed by atoms with Crippen LogP contribution in [-0.4, -0.2) is 44.2 Å². The summed E-state index contributed by atoms with van der Waals surface area (Å²) in [5, 5.41) is 5.28. The first-order chi connectivity index (χ1) is 7.24. The van der Waals surface area contributed by atoms with Gasteiger partial charge in [0.25, 0.3) is 0 Å². The van der Waals surface area contributed by atoms with Crippen LogP contribution in [0, 0.1) is 0 Å². The molecule has 0 aliphatic carbocycles. The lowest BCUT2D eigenvalue weighted by Gasteiger charge is -2.19. The highest BCUT2D eigenvalue weighted by atomic mass is 16.2. The van der Waals surface area contributed by atoms with Crippen molar-refractivity contribution in [3.8, 4) is 0 Å². The summed E-state index contributed by atoms with van der Waals surface area (Å²) in [6.07, 6.45) is 1.16. The van der Waals surface area contributed by atoms with Crippen molar-refractivity contribution >= 4 is 6.03 Å². The molecule has 4 nitrogen and oxygen atoms in total. The molecule has 0 rings (SSSR count). The maximum absolute atomic E-state index is 10.8. The van der Waals surface area contributed by atoms with Crippen LogP contribution in [0.5, 0.6) is 0 Å². The number of hydrogen-bond donors (Lipinski definition) is 2. The van der Waals surface area contributed by atoms with Crippen LogP contribution in [0.4, 0.5) is 4.79 Å². The number of nitrogens with zero attached hydrogens (tertiary/aromatic N) is 1. The highest BCUT2D eigenvalue weighted by Crippen LogP contribution is 1.88. The van der Waals surface area contributed by atoms with Gasteiger partial charge in [-0.15, -0.1) is 0 Å². The molecule has 0 saturated carbocycles. The van der Waals surface area contributed by atoms with Crippen molar-refractivity contribution in [2.45, 2.75) is 34.1 Å². The van der Waals surface area contributed by atoms with Crippen LogP contribution in [0.2, 0.25) is 0 Å². The van der Waals surface area contributed by atoms with E-state index in [-0.39, 0.29) is 6.03 Å². The Hall–Kier alpha value is -0.770. The van der Waals surface area contributed by atoms with Crippen LogP contribution in [0.3, 0.4) is 0 Å². The number of nitrogens with one attached hydrogen (secondary N) is 2. The Morgan fingerprint density at radius 3 is 2.20 bits per heavy atom. The standard InChI is InChI=1S/C9H21N3O.C2H6/c1-4-7-12(5-2)8-6-11-9(13)10-3;1-2/h4-8H2,1-3H3,(H2,10,11,13);1-2H3. The largest absolute Gasteiger partial charge is 0.341 e. The zero-order valence-electron chi connectivity index (χ0n) is 10.9. The second-order valence-corrected chi connectivity index (χ2v) is 2.94. The number of urea groups is 1. The van der Waals surface area contributed by atoms with Crippen molar-refractivity contribution in [2.24, 2.45) is 0 Å². The second-order valence-electron chi connectivity index (χ2n) is 2.94. The lowest BCUT2D eigenvalue weighted by molar-refractivity contribution is 0.238. The second kappa shape index (κ2) is 13.2. The molecule has 0 aromatic heterocycles. The normalized spacial score (nSPS) is 9.20. The molecule has 0 radical (unpaired) electrons. The fraction of sp³-hybridized carbons (Fsp3) is 0.909. The molecule has 0 aliphatic rings. The highest BCUT2D eigenvalue weighted by Gasteiger charge is 2.00. The Balaban J connectivity index is 0. The molecule has 0 spiro atoms. The molecular weight excluding hydrogens is 190 g/mol. The molecule has 0 aromatic rings. The van der Waals surface area contributed by atoms with E-state index < -0.39 is 0 Å². The van der Waals surface area contributed by atoms with Gasteiger partial charge in [-0.25, -0.2) is 4.79 Å². The smallest absolute Gasteiger partial charge is 0.314 e. The van der Waals surface area contributed by atoms with Crippen molar-refractivity contribution in [3.05, 3.63) is 0 Å². The topological polar surface area (TPSA) is 44.4 Å². The Kier molecular flexibility index (Phi) is 14.7. The maximum atomic E-state index is 10.8. The molecule has 0 fully saturated rings. The van der Waals surface area contributed by atoms with Crippen molar-refractivity contribution in [1.82, 2.24) is 15.5 Å². The predicted octanol–water partition coefficient (Wildman–Crippen LogP) is 1.67. The minimum absolute atomic E-state index is 0.104. The maximum Gasteiger partial charge on any atom is 0.314 e. The minimum atomic E-state index is -0.104. The average molecular weight is 217 g/mol. The third-order valence-corrected chi connectivity index (χ3v) is 1.93. The Labute approximate surface area is 94.4 Å². The van der Waals surface area contributed by atoms with Crippen molar-refractivity contribution in [2.75, 3.05) is 33.2 Å². The van der Waals surface area contributed by atoms with E-state index >= 15 is 0 Å². The number of carbonyl (C=O) groups is 1. The summed E-state index contributed by atoms with van der Waals surface area (Å²) in [6, 6.07) is -0.104. The first-order valence-electron chi connectivity index (χ1n) is 5.92. The number of hydrogen-bond acceptors (Lipinski definition) is 2. The fourth-order valence-corrected chi connectivity index (χ4v) is 1.16. The number of likely N-dealkylation sites (N-methyl/N-ethyl adjacent to an activating group) is 1. The highest BCUT2D eigenvalue weighted by molar-refractivity contribution is 5.73. The summed E-state index contributed by atoms with van der Waals surface area (Å²) in [7, 11) is 1.62. The summed E-state index contributed by atoms with van der Waals surface area (Å²) < 4.78 is 0. The van der Waals surface area contributed by atoms with Crippen LogP contribution in [0.15, 0.2) is 0 Å². The third-order valence-electron chi connectivity index (χ3n) is 1.93. The molecule has 4 heteroatoms. The zero-order valence-corrected chi connectivity index (χ0v) is 10.9. The summed E-state index contributed by atoms with van der Waals surface area (Å²) in [5.41, 5.74) is 0. The molecule has 0 unspecified atom stereocenters. The van der Waals surface area contributed by atoms with Crippen LogP contribution < -0.4 is 10.6 Å². The molecule has 92 valence electrons. The van der Waals surface area contributed by atoms with E-state index in [2.05, 4.69) is 29.4 Å². The van der Waals surface area contributed by atoms with Gasteiger partial charge in [-0.05, 0) is 19.5 Å². The third kappa shape index (κ3) is 11.2. The zero-order chi connectivity index (χ0) is 12.1. The van der Waals surface area contributed by atoms with E-state index in [0.29, 0.717) is 6.54 Å². The number of carbonyl (C=O) groups excluding carboxylic acids is 1. The molecule has 15 heavy (non-hydrogen) atoms. The van der Waals surface area contributed by atoms with Gasteiger partial charge in [0.05, 0.1) is 0 Å². The van der Waals surface area contributed by atoms with Gasteiger partial charge in [-0.2, -0.15) is 0 Å². The van der Waals surface area contributed by atoms with E-state index in [1.54, 1.807) is 7.05 Å². The molecule has 2 amide bonds. The van der Waals surface area contributed by atoms with Crippen LogP contribution in [-0.2, 0) is 0 Å². The predicted molar refractivity (Wildman–Crippen MR) is 66.2 cm³/mol. The van der Waals surface area contributed by atoms with Crippen LogP contribution in [0.25, 0.3) is 0 Å². The molecule has 0 aromatic carbocycles. The van der Waals surface area contributed by atoms with Gasteiger partial charge >= 0.3 is 6.03 Å². The van der Waals surface area contributed by atoms with E-state index in [1.807, 2.05) is 13.8 Å². The van der Waals surface area contributed by atoms with E-state index in [9.17, 15) is 4.79 Å². The fourth-order valence-electron chi connectivity index (χ4n) is 1.16. The van der Waals surface area contributed by atoms with E-state index in [1.165, 1.54) is 0 Å². The summed E-state index contributed by atoms with van der Waals surface area (Å²) >= 11 is 0. The molecule has 0 atom stereocenters. The molecule has 2 N–H and O–H groups in total. The van der Waals surface area contributed by atoms with Gasteiger partial charge < -0.3 is 15.5 Å². The Morgan fingerprint density at radius 2 is 1.80 bits per heavy atom. The van der Waals surface area contributed by atoms with Gasteiger partial charge in [0.1, 0.15) is 0 Å². The van der Waals surface area contributed by atoms with E-state index in [0.717, 1.165) is 26.1 Å². The first-order valence-corrected chi connectivity index (χ1v) is 5.92. The van der Waals surface area contributed by atoms with Crippen molar-refractivity contribution in [3.63, 3.8) is 0 Å². The van der Waals surface area contributed by atoms with Crippen LogP contribution in [0.1, 0.15) is 34.1 Å². The lowest BCUT2D eigenvalue weighted by atomic mass is 10.4. The van der Waals surface area contributed by atoms with E-state index in [4.69, 9.17) is 0 Å². The Bertz CT molecular complexity index is 140. The van der Waals surface area contributed by atoms with Crippen molar-refractivity contribution < 1.29 is 4.79 Å². The summed E-state index contributed by atoms with van der Waals surface area (Å²) in [4.78, 5) is 13.1. The minimum Gasteiger partial charge on any atom is -0.341 e.